The number of hydrogen-bond donors (Lipinski definition) is 0. The van der Waals surface area contributed by atoms with Gasteiger partial charge in [-0.2, -0.15) is 0 Å². The Labute approximate surface area is 117 Å². The van der Waals surface area contributed by atoms with Crippen LogP contribution in [0.4, 0.5) is 0 Å². The third-order valence-electron chi connectivity index (χ3n) is 1.63. The molecule has 4 heteroatoms. The van der Waals surface area contributed by atoms with Crippen LogP contribution in [0.1, 0.15) is 0 Å². The first kappa shape index (κ1) is 13.8. The fraction of sp³-hybridized carbons (Fsp3) is 0. The van der Waals surface area contributed by atoms with E-state index in [0.717, 1.165) is 5.82 Å². The van der Waals surface area contributed by atoms with Crippen LogP contribution in [0.15, 0.2) is 55.0 Å². The smallest absolute Gasteiger partial charge is 0.327 e. The van der Waals surface area contributed by atoms with Crippen molar-refractivity contribution in [3.05, 3.63) is 55.0 Å². The van der Waals surface area contributed by atoms with Crippen LogP contribution in [0.25, 0.3) is 5.82 Å². The molecule has 0 spiro atoms. The molecule has 0 bridgehead atoms. The number of hydrogen-bond acceptors (Lipinski definition) is 1. The Hall–Kier alpha value is -0.240. The van der Waals surface area contributed by atoms with Crippen molar-refractivity contribution in [3.8, 4) is 5.82 Å². The van der Waals surface area contributed by atoms with Gasteiger partial charge in [0.15, 0.2) is 0 Å². The number of pyridine rings is 2. The van der Waals surface area contributed by atoms with E-state index in [1.165, 1.54) is 0 Å². The summed E-state index contributed by atoms with van der Waals surface area (Å²) in [6, 6.07) is 11.8. The minimum absolute atomic E-state index is 0. The van der Waals surface area contributed by atoms with Crippen molar-refractivity contribution in [1.29, 1.82) is 0 Å². The third-order valence-corrected chi connectivity index (χ3v) is 1.63. The molecule has 2 rings (SSSR count). The minimum atomic E-state index is 0. The van der Waals surface area contributed by atoms with Crippen LogP contribution in [0, 0.1) is 0 Å². The second-order valence-corrected chi connectivity index (χ2v) is 2.47. The molecule has 0 aliphatic rings. The number of halogens is 2. The summed E-state index contributed by atoms with van der Waals surface area (Å²) in [7, 11) is 0. The minimum Gasteiger partial charge on any atom is -1.00 e. The van der Waals surface area contributed by atoms with Gasteiger partial charge in [0, 0.05) is 6.07 Å². The molecule has 0 saturated carbocycles. The summed E-state index contributed by atoms with van der Waals surface area (Å²) < 4.78 is 1.97. The van der Waals surface area contributed by atoms with Gasteiger partial charge in [0.05, 0.1) is 12.4 Å². The van der Waals surface area contributed by atoms with E-state index in [4.69, 9.17) is 0 Å². The lowest BCUT2D eigenvalue weighted by Crippen LogP contribution is -3.00. The van der Waals surface area contributed by atoms with E-state index in [1.54, 1.807) is 6.20 Å². The first-order valence-corrected chi connectivity index (χ1v) is 3.84. The number of nitrogens with zero attached hydrogens (tertiary/aromatic N) is 2. The molecule has 0 amide bonds. The molecular formula is C10H10I2N2. The Morgan fingerprint density at radius 2 is 1.64 bits per heavy atom. The van der Waals surface area contributed by atoms with E-state index in [2.05, 4.69) is 4.98 Å². The van der Waals surface area contributed by atoms with Crippen LogP contribution in [0.3, 0.4) is 0 Å². The second kappa shape index (κ2) is 7.10. The molecule has 14 heavy (non-hydrogen) atoms. The normalized spacial score (nSPS) is 8.29. The lowest BCUT2D eigenvalue weighted by molar-refractivity contribution is -0.599. The van der Waals surface area contributed by atoms with Gasteiger partial charge in [-0.25, -0.2) is 4.57 Å². The fourth-order valence-corrected chi connectivity index (χ4v) is 1.06. The van der Waals surface area contributed by atoms with Gasteiger partial charge in [0.1, 0.15) is 6.20 Å². The van der Waals surface area contributed by atoms with Crippen LogP contribution in [-0.4, -0.2) is 4.98 Å². The van der Waals surface area contributed by atoms with Gasteiger partial charge in [0.25, 0.3) is 0 Å². The summed E-state index contributed by atoms with van der Waals surface area (Å²) in [5.74, 6) is 0.943. The molecule has 74 valence electrons. The van der Waals surface area contributed by atoms with Crippen molar-refractivity contribution in [1.82, 2.24) is 4.98 Å². The molecule has 0 aliphatic heterocycles. The van der Waals surface area contributed by atoms with E-state index < -0.39 is 0 Å². The third kappa shape index (κ3) is 3.49. The Balaban J connectivity index is 0.000000845. The summed E-state index contributed by atoms with van der Waals surface area (Å²) in [6.07, 6.45) is 5.74. The standard InChI is InChI=1S/C10H9N2.2HI/c1-4-8-12(9-5-1)10-6-2-3-7-11-10;;/h1-9H;2*1H/q+1;;/p-1. The maximum atomic E-state index is 4.21. The van der Waals surface area contributed by atoms with Crippen LogP contribution in [0.2, 0.25) is 0 Å². The van der Waals surface area contributed by atoms with Crippen molar-refractivity contribution >= 4 is 24.0 Å². The molecule has 0 saturated heterocycles. The quantitative estimate of drug-likeness (QED) is 0.433. The molecule has 2 nitrogen and oxygen atoms in total. The van der Waals surface area contributed by atoms with Gasteiger partial charge >= 0.3 is 5.82 Å². The SMILES string of the molecule is I.[I-].c1cc[n+](-c2ccccn2)cc1. The van der Waals surface area contributed by atoms with Gasteiger partial charge in [-0.3, -0.25) is 0 Å². The molecule has 2 heterocycles. The average Bonchev–Trinajstić information content (AvgIpc) is 2.21. The zero-order chi connectivity index (χ0) is 8.23. The molecule has 2 aromatic heterocycles. The van der Waals surface area contributed by atoms with Gasteiger partial charge in [-0.05, 0) is 23.2 Å². The highest BCUT2D eigenvalue weighted by molar-refractivity contribution is 14.0. The summed E-state index contributed by atoms with van der Waals surface area (Å²) in [6.45, 7) is 0. The summed E-state index contributed by atoms with van der Waals surface area (Å²) in [5.41, 5.74) is 0. The van der Waals surface area contributed by atoms with Gasteiger partial charge in [-0.15, -0.1) is 24.0 Å². The van der Waals surface area contributed by atoms with Crippen molar-refractivity contribution in [2.45, 2.75) is 0 Å². The van der Waals surface area contributed by atoms with Crippen LogP contribution < -0.4 is 28.5 Å². The topological polar surface area (TPSA) is 16.8 Å². The molecule has 0 N–H and O–H groups in total. The van der Waals surface area contributed by atoms with Crippen LogP contribution in [0.5, 0.6) is 0 Å². The number of rotatable bonds is 1. The second-order valence-electron chi connectivity index (χ2n) is 2.47. The average molecular weight is 412 g/mol. The monoisotopic (exact) mass is 412 g/mol. The molecule has 0 radical (unpaired) electrons. The Kier molecular flexibility index (Phi) is 6.98. The highest BCUT2D eigenvalue weighted by atomic mass is 127. The van der Waals surface area contributed by atoms with E-state index in [9.17, 15) is 0 Å². The molecule has 0 atom stereocenters. The Morgan fingerprint density at radius 1 is 0.929 bits per heavy atom. The maximum absolute atomic E-state index is 4.21. The summed E-state index contributed by atoms with van der Waals surface area (Å²) in [4.78, 5) is 4.21. The molecule has 0 unspecified atom stereocenters. The molecule has 0 aromatic carbocycles. The van der Waals surface area contributed by atoms with Gasteiger partial charge in [-0.1, -0.05) is 12.1 Å². The molecular weight excluding hydrogens is 402 g/mol. The van der Waals surface area contributed by atoms with Gasteiger partial charge < -0.3 is 24.0 Å². The van der Waals surface area contributed by atoms with Crippen LogP contribution >= 0.6 is 24.0 Å². The van der Waals surface area contributed by atoms with E-state index >= 15 is 0 Å². The lowest BCUT2D eigenvalue weighted by atomic mass is 10.4. The Morgan fingerprint density at radius 3 is 2.21 bits per heavy atom. The molecule has 0 aliphatic carbocycles. The maximum Gasteiger partial charge on any atom is 0.327 e. The highest BCUT2D eigenvalue weighted by Crippen LogP contribution is 1.91. The van der Waals surface area contributed by atoms with E-state index in [0.29, 0.717) is 0 Å². The van der Waals surface area contributed by atoms with Gasteiger partial charge in [0.2, 0.25) is 0 Å². The van der Waals surface area contributed by atoms with Crippen LogP contribution in [-0.2, 0) is 0 Å². The first-order chi connectivity index (χ1) is 5.97. The highest BCUT2D eigenvalue weighted by Gasteiger charge is 2.01. The van der Waals surface area contributed by atoms with E-state index in [1.807, 2.05) is 53.4 Å². The zero-order valence-electron chi connectivity index (χ0n) is 7.38. The van der Waals surface area contributed by atoms with Crippen molar-refractivity contribution in [2.75, 3.05) is 0 Å². The molecule has 2 aromatic rings. The zero-order valence-corrected chi connectivity index (χ0v) is 11.9. The lowest BCUT2D eigenvalue weighted by Gasteiger charge is -1.91. The van der Waals surface area contributed by atoms with Crippen molar-refractivity contribution < 1.29 is 28.5 Å². The first-order valence-electron chi connectivity index (χ1n) is 3.84. The van der Waals surface area contributed by atoms with E-state index in [-0.39, 0.29) is 48.0 Å². The Bertz CT molecular complexity index is 314. The van der Waals surface area contributed by atoms with Crippen molar-refractivity contribution in [2.24, 2.45) is 0 Å². The largest absolute Gasteiger partial charge is 1.00 e. The predicted octanol–water partition coefficient (Wildman–Crippen LogP) is -1.02. The predicted molar refractivity (Wildman–Crippen MR) is 61.2 cm³/mol. The summed E-state index contributed by atoms with van der Waals surface area (Å²) in [5, 5.41) is 0. The van der Waals surface area contributed by atoms with Crippen molar-refractivity contribution in [3.63, 3.8) is 0 Å². The molecule has 0 fully saturated rings. The fourth-order valence-electron chi connectivity index (χ4n) is 1.06. The number of aromatic nitrogens is 2. The summed E-state index contributed by atoms with van der Waals surface area (Å²) >= 11 is 0.